The molecule has 0 saturated carbocycles. The van der Waals surface area contributed by atoms with E-state index in [1.165, 1.54) is 0 Å². The Morgan fingerprint density at radius 2 is 1.90 bits per heavy atom. The second-order valence-electron chi connectivity index (χ2n) is 8.20. The van der Waals surface area contributed by atoms with Gasteiger partial charge in [-0.2, -0.15) is 0 Å². The molecule has 1 aromatic heterocycles. The molecule has 2 N–H and O–H groups in total. The van der Waals surface area contributed by atoms with E-state index in [0.29, 0.717) is 0 Å². The van der Waals surface area contributed by atoms with Crippen LogP contribution in [-0.4, -0.2) is 85.3 Å². The summed E-state index contributed by atoms with van der Waals surface area (Å²) in [6.07, 6.45) is 1.72. The van der Waals surface area contributed by atoms with E-state index >= 15 is 0 Å². The molecule has 2 rings (SSSR count). The minimum Gasteiger partial charge on any atom is -0.444 e. The van der Waals surface area contributed by atoms with Gasteiger partial charge in [0.1, 0.15) is 5.60 Å². The maximum Gasteiger partial charge on any atom is 0.410 e. The first-order valence-corrected chi connectivity index (χ1v) is 11.2. The first-order valence-electron chi connectivity index (χ1n) is 10.3. The number of aryl methyl sites for hydroxylation is 1. The van der Waals surface area contributed by atoms with Crippen LogP contribution in [0.5, 0.6) is 0 Å². The summed E-state index contributed by atoms with van der Waals surface area (Å²) in [5, 5.41) is 9.91. The van der Waals surface area contributed by atoms with Crippen LogP contribution in [0.3, 0.4) is 0 Å². The van der Waals surface area contributed by atoms with Gasteiger partial charge in [-0.25, -0.2) is 9.78 Å². The summed E-state index contributed by atoms with van der Waals surface area (Å²) in [5.41, 5.74) is 0.687. The summed E-state index contributed by atoms with van der Waals surface area (Å²) in [6, 6.07) is 0. The van der Waals surface area contributed by atoms with E-state index < -0.39 is 5.60 Å². The van der Waals surface area contributed by atoms with Gasteiger partial charge in [-0.05, 0) is 40.7 Å². The molecular weight excluding hydrogens is 515 g/mol. The van der Waals surface area contributed by atoms with Crippen molar-refractivity contribution in [3.8, 4) is 0 Å². The minimum atomic E-state index is -0.439. The van der Waals surface area contributed by atoms with Crippen molar-refractivity contribution in [2.75, 3.05) is 52.9 Å². The molecule has 1 aromatic rings. The summed E-state index contributed by atoms with van der Waals surface area (Å²) >= 11 is 1.69. The molecule has 0 atom stereocenters. The zero-order chi connectivity index (χ0) is 21.3. The fraction of sp³-hybridized carbons (Fsp3) is 0.750. The molecule has 1 aliphatic rings. The van der Waals surface area contributed by atoms with Crippen LogP contribution >= 0.6 is 35.3 Å². The van der Waals surface area contributed by atoms with Crippen LogP contribution in [0.25, 0.3) is 0 Å². The highest BCUT2D eigenvalue weighted by Gasteiger charge is 2.25. The Labute approximate surface area is 201 Å². The number of amides is 1. The van der Waals surface area contributed by atoms with Gasteiger partial charge in [-0.1, -0.05) is 0 Å². The molecule has 30 heavy (non-hydrogen) atoms. The van der Waals surface area contributed by atoms with Gasteiger partial charge in [-0.15, -0.1) is 35.3 Å². The molecule has 1 saturated heterocycles. The smallest absolute Gasteiger partial charge is 0.410 e. The monoisotopic (exact) mass is 552 g/mol. The average molecular weight is 553 g/mol. The van der Waals surface area contributed by atoms with E-state index in [1.54, 1.807) is 23.3 Å². The van der Waals surface area contributed by atoms with Gasteiger partial charge in [0.15, 0.2) is 5.96 Å². The summed E-state index contributed by atoms with van der Waals surface area (Å²) < 4.78 is 5.45. The molecule has 0 aliphatic carbocycles. The first kappa shape index (κ1) is 26.9. The Kier molecular flexibility index (Phi) is 11.9. The first-order chi connectivity index (χ1) is 13.8. The standard InChI is InChI=1S/C20H36N6O2S.HI/c1-16-24-17(15-29-16)7-9-23-18(21-5)22-8-6-10-25-11-13-26(14-12-25)19(27)28-20(2,3)4;/h15H,6-14H2,1-5H3,(H2,21,22,23);1H. The summed E-state index contributed by atoms with van der Waals surface area (Å²) in [7, 11) is 1.79. The van der Waals surface area contributed by atoms with Gasteiger partial charge >= 0.3 is 6.09 Å². The SMILES string of the molecule is CN=C(NCCCN1CCN(C(=O)OC(C)(C)C)CC1)NCCc1csc(C)n1.I. The molecule has 1 aliphatic heterocycles. The van der Waals surface area contributed by atoms with Gasteiger partial charge in [0.05, 0.1) is 10.7 Å². The third kappa shape index (κ3) is 10.3. The fourth-order valence-electron chi connectivity index (χ4n) is 3.04. The van der Waals surface area contributed by atoms with Crippen LogP contribution in [0.1, 0.15) is 37.9 Å². The number of carbonyl (C=O) groups excluding carboxylic acids is 1. The zero-order valence-electron chi connectivity index (χ0n) is 18.9. The molecule has 0 radical (unpaired) electrons. The van der Waals surface area contributed by atoms with Crippen molar-refractivity contribution >= 4 is 47.4 Å². The minimum absolute atomic E-state index is 0. The number of piperazine rings is 1. The lowest BCUT2D eigenvalue weighted by molar-refractivity contribution is 0.0145. The highest BCUT2D eigenvalue weighted by Crippen LogP contribution is 2.12. The number of guanidine groups is 1. The molecule has 0 bridgehead atoms. The largest absolute Gasteiger partial charge is 0.444 e. The maximum atomic E-state index is 12.1. The van der Waals surface area contributed by atoms with Gasteiger partial charge in [-0.3, -0.25) is 9.89 Å². The Morgan fingerprint density at radius 3 is 2.47 bits per heavy atom. The molecule has 0 aromatic carbocycles. The van der Waals surface area contributed by atoms with Gasteiger partial charge in [0, 0.05) is 58.1 Å². The van der Waals surface area contributed by atoms with Crippen molar-refractivity contribution in [1.29, 1.82) is 0 Å². The lowest BCUT2D eigenvalue weighted by atomic mass is 10.2. The van der Waals surface area contributed by atoms with Crippen molar-refractivity contribution < 1.29 is 9.53 Å². The Bertz CT molecular complexity index is 668. The predicted octanol–water partition coefficient (Wildman–Crippen LogP) is 2.72. The van der Waals surface area contributed by atoms with E-state index in [9.17, 15) is 4.79 Å². The van der Waals surface area contributed by atoms with Crippen LogP contribution in [-0.2, 0) is 11.2 Å². The lowest BCUT2D eigenvalue weighted by Crippen LogP contribution is -2.50. The molecule has 172 valence electrons. The number of carbonyl (C=O) groups is 1. The van der Waals surface area contributed by atoms with Crippen LogP contribution in [0.4, 0.5) is 4.79 Å². The fourth-order valence-corrected chi connectivity index (χ4v) is 3.69. The van der Waals surface area contributed by atoms with E-state index in [-0.39, 0.29) is 30.1 Å². The third-order valence-corrected chi connectivity index (χ3v) is 5.35. The van der Waals surface area contributed by atoms with Crippen molar-refractivity contribution in [1.82, 2.24) is 25.4 Å². The number of rotatable bonds is 7. The van der Waals surface area contributed by atoms with Crippen molar-refractivity contribution in [2.24, 2.45) is 4.99 Å². The second-order valence-corrected chi connectivity index (χ2v) is 9.26. The topological polar surface area (TPSA) is 82.1 Å². The number of aliphatic imine (C=N–C) groups is 1. The van der Waals surface area contributed by atoms with E-state index in [2.05, 4.69) is 30.9 Å². The van der Waals surface area contributed by atoms with Crippen molar-refractivity contribution in [3.63, 3.8) is 0 Å². The summed E-state index contributed by atoms with van der Waals surface area (Å²) in [4.78, 5) is 25.1. The second kappa shape index (κ2) is 13.3. The number of ether oxygens (including phenoxy) is 1. The summed E-state index contributed by atoms with van der Waals surface area (Å²) in [5.74, 6) is 0.826. The van der Waals surface area contributed by atoms with Crippen LogP contribution in [0, 0.1) is 6.92 Å². The number of hydrogen-bond acceptors (Lipinski definition) is 6. The number of halogens is 1. The Morgan fingerprint density at radius 1 is 1.23 bits per heavy atom. The lowest BCUT2D eigenvalue weighted by Gasteiger charge is -2.35. The molecule has 1 amide bonds. The third-order valence-electron chi connectivity index (χ3n) is 4.53. The predicted molar refractivity (Wildman–Crippen MR) is 134 cm³/mol. The van der Waals surface area contributed by atoms with Crippen LogP contribution < -0.4 is 10.6 Å². The van der Waals surface area contributed by atoms with E-state index in [1.807, 2.05) is 27.7 Å². The van der Waals surface area contributed by atoms with Gasteiger partial charge < -0.3 is 20.3 Å². The molecule has 8 nitrogen and oxygen atoms in total. The molecule has 0 unspecified atom stereocenters. The quantitative estimate of drug-likeness (QED) is 0.235. The van der Waals surface area contributed by atoms with Crippen molar-refractivity contribution in [2.45, 2.75) is 46.1 Å². The highest BCUT2D eigenvalue weighted by molar-refractivity contribution is 14.0. The van der Waals surface area contributed by atoms with E-state index in [0.717, 1.165) is 75.3 Å². The van der Waals surface area contributed by atoms with E-state index in [4.69, 9.17) is 4.74 Å². The number of thiazole rings is 1. The zero-order valence-corrected chi connectivity index (χ0v) is 22.0. The molecule has 10 heteroatoms. The number of nitrogens with zero attached hydrogens (tertiary/aromatic N) is 4. The number of nitrogens with one attached hydrogen (secondary N) is 2. The molecular formula is C20H37IN6O2S. The Balaban J connectivity index is 0.00000450. The number of aromatic nitrogens is 1. The van der Waals surface area contributed by atoms with Gasteiger partial charge in [0.25, 0.3) is 0 Å². The molecule has 2 heterocycles. The molecule has 1 fully saturated rings. The number of hydrogen-bond donors (Lipinski definition) is 2. The molecule has 0 spiro atoms. The van der Waals surface area contributed by atoms with Crippen molar-refractivity contribution in [3.05, 3.63) is 16.1 Å². The van der Waals surface area contributed by atoms with Crippen LogP contribution in [0.15, 0.2) is 10.4 Å². The van der Waals surface area contributed by atoms with Gasteiger partial charge in [0.2, 0.25) is 0 Å². The Hall–Kier alpha value is -1.14. The summed E-state index contributed by atoms with van der Waals surface area (Å²) in [6.45, 7) is 13.6. The average Bonchev–Trinajstić information content (AvgIpc) is 3.08. The normalized spacial score (nSPS) is 15.5. The maximum absolute atomic E-state index is 12.1. The highest BCUT2D eigenvalue weighted by atomic mass is 127. The van der Waals surface area contributed by atoms with Crippen LogP contribution in [0.2, 0.25) is 0 Å².